The predicted molar refractivity (Wildman–Crippen MR) is 190 cm³/mol. The zero-order valence-corrected chi connectivity index (χ0v) is 30.7. The number of hydrogen-bond donors (Lipinski definition) is 5. The van der Waals surface area contributed by atoms with E-state index in [9.17, 15) is 38.4 Å². The molecule has 1 aliphatic heterocycles. The molecule has 3 rings (SSSR count). The number of carbonyl (C=O) groups excluding carboxylic acids is 8. The van der Waals surface area contributed by atoms with Crippen molar-refractivity contribution in [2.75, 3.05) is 32.9 Å². The molecule has 15 heteroatoms. The number of amides is 7. The Kier molecular flexibility index (Phi) is 16.4. The molecule has 2 aliphatic rings. The van der Waals surface area contributed by atoms with Gasteiger partial charge >= 0.3 is 0 Å². The average Bonchev–Trinajstić information content (AvgIpc) is 3.38. The van der Waals surface area contributed by atoms with Gasteiger partial charge in [0.2, 0.25) is 41.4 Å². The fourth-order valence-electron chi connectivity index (χ4n) is 6.10. The summed E-state index contributed by atoms with van der Waals surface area (Å²) in [5.74, 6) is -3.40. The number of likely N-dealkylation sites (tertiary alicyclic amines) is 1. The summed E-state index contributed by atoms with van der Waals surface area (Å²) in [6.07, 6.45) is 4.31. The molecule has 5 N–H and O–H groups in total. The fourth-order valence-corrected chi connectivity index (χ4v) is 6.10. The lowest BCUT2D eigenvalue weighted by Crippen LogP contribution is -2.53. The van der Waals surface area contributed by atoms with Gasteiger partial charge in [-0.3, -0.25) is 43.3 Å². The van der Waals surface area contributed by atoms with Crippen LogP contribution >= 0.6 is 0 Å². The van der Waals surface area contributed by atoms with E-state index in [0.717, 1.165) is 12.0 Å². The van der Waals surface area contributed by atoms with E-state index in [1.54, 1.807) is 38.1 Å². The van der Waals surface area contributed by atoms with Crippen LogP contribution in [0.1, 0.15) is 84.6 Å². The summed E-state index contributed by atoms with van der Waals surface area (Å²) in [5, 5.41) is 12.6. The molecule has 1 saturated heterocycles. The third-order valence-electron chi connectivity index (χ3n) is 9.37. The first-order valence-corrected chi connectivity index (χ1v) is 18.2. The summed E-state index contributed by atoms with van der Waals surface area (Å²) in [7, 11) is 0. The van der Waals surface area contributed by atoms with Gasteiger partial charge in [0.15, 0.2) is 5.78 Å². The second-order valence-electron chi connectivity index (χ2n) is 14.1. The molecule has 1 aromatic carbocycles. The lowest BCUT2D eigenvalue weighted by Gasteiger charge is -2.41. The maximum Gasteiger partial charge on any atom is 0.243 e. The van der Waals surface area contributed by atoms with E-state index in [0.29, 0.717) is 38.6 Å². The largest absolute Gasteiger partial charge is 0.347 e. The Balaban J connectivity index is 1.35. The van der Waals surface area contributed by atoms with Gasteiger partial charge in [0.25, 0.3) is 0 Å². The van der Waals surface area contributed by atoms with E-state index < -0.39 is 41.8 Å². The Morgan fingerprint density at radius 3 is 2.06 bits per heavy atom. The van der Waals surface area contributed by atoms with Crippen LogP contribution in [-0.4, -0.2) is 96.6 Å². The first-order valence-electron chi connectivity index (χ1n) is 18.2. The zero-order valence-electron chi connectivity index (χ0n) is 30.7. The molecule has 0 spiro atoms. The van der Waals surface area contributed by atoms with E-state index in [1.807, 2.05) is 19.9 Å². The van der Waals surface area contributed by atoms with E-state index in [2.05, 4.69) is 26.6 Å². The average molecular weight is 727 g/mol. The Hall–Kier alpha value is -4.66. The van der Waals surface area contributed by atoms with Crippen molar-refractivity contribution in [3.05, 3.63) is 35.9 Å². The van der Waals surface area contributed by atoms with Gasteiger partial charge < -0.3 is 31.3 Å². The van der Waals surface area contributed by atoms with Crippen molar-refractivity contribution >= 4 is 47.1 Å². The SMILES string of the molecule is CC(C)C(=O)C1(OCNC(=O)CNC(=O)[C@H](Cc2ccccc2)NC(=O)CNC(=O)CNC(=O)CCCCCN2C(=O)CC(C(C)C)C2=O)CCC1. The van der Waals surface area contributed by atoms with Gasteiger partial charge in [-0.2, -0.15) is 0 Å². The Bertz CT molecular complexity index is 1440. The van der Waals surface area contributed by atoms with Crippen LogP contribution in [0.15, 0.2) is 30.3 Å². The van der Waals surface area contributed by atoms with Crippen LogP contribution in [-0.2, 0) is 49.5 Å². The van der Waals surface area contributed by atoms with Gasteiger partial charge in [0.05, 0.1) is 19.6 Å². The monoisotopic (exact) mass is 726 g/mol. The van der Waals surface area contributed by atoms with Gasteiger partial charge in [0, 0.05) is 37.6 Å². The van der Waals surface area contributed by atoms with Crippen molar-refractivity contribution in [1.82, 2.24) is 31.5 Å². The van der Waals surface area contributed by atoms with Crippen molar-refractivity contribution in [3.63, 3.8) is 0 Å². The highest BCUT2D eigenvalue weighted by molar-refractivity contribution is 6.03. The predicted octanol–water partition coefficient (Wildman–Crippen LogP) is 0.892. The minimum Gasteiger partial charge on any atom is -0.347 e. The Morgan fingerprint density at radius 2 is 1.44 bits per heavy atom. The minimum absolute atomic E-state index is 0.00197. The molecule has 1 heterocycles. The third-order valence-corrected chi connectivity index (χ3v) is 9.37. The molecule has 1 aromatic rings. The third kappa shape index (κ3) is 12.8. The number of rotatable bonds is 22. The van der Waals surface area contributed by atoms with Gasteiger partial charge in [0.1, 0.15) is 18.4 Å². The van der Waals surface area contributed by atoms with E-state index in [1.165, 1.54) is 4.90 Å². The zero-order chi connectivity index (χ0) is 38.3. The number of Topliss-reactive ketones (excluding diaryl/α,β-unsaturated/α-hetero) is 1. The number of hydrogen-bond acceptors (Lipinski definition) is 9. The highest BCUT2D eigenvalue weighted by atomic mass is 16.5. The van der Waals surface area contributed by atoms with Crippen molar-refractivity contribution < 1.29 is 43.1 Å². The van der Waals surface area contributed by atoms with Crippen LogP contribution in [0.3, 0.4) is 0 Å². The van der Waals surface area contributed by atoms with Crippen molar-refractivity contribution in [2.24, 2.45) is 17.8 Å². The molecule has 0 radical (unpaired) electrons. The molecule has 52 heavy (non-hydrogen) atoms. The van der Waals surface area contributed by atoms with Crippen LogP contribution in [0, 0.1) is 17.8 Å². The quantitative estimate of drug-likeness (QED) is 0.0652. The molecule has 1 saturated carbocycles. The molecule has 286 valence electrons. The molecular weight excluding hydrogens is 672 g/mol. The number of carbonyl (C=O) groups is 8. The maximum atomic E-state index is 13.1. The molecule has 2 fully saturated rings. The summed E-state index contributed by atoms with van der Waals surface area (Å²) in [5.41, 5.74) is -0.123. The molecule has 7 amide bonds. The molecule has 0 bridgehead atoms. The summed E-state index contributed by atoms with van der Waals surface area (Å²) in [6, 6.07) is 7.89. The van der Waals surface area contributed by atoms with Crippen molar-refractivity contribution in [1.29, 1.82) is 0 Å². The number of unbranched alkanes of at least 4 members (excludes halogenated alkanes) is 2. The molecule has 15 nitrogen and oxygen atoms in total. The minimum atomic E-state index is -1.06. The number of nitrogens with zero attached hydrogens (tertiary/aromatic N) is 1. The van der Waals surface area contributed by atoms with Crippen LogP contribution in [0.2, 0.25) is 0 Å². The van der Waals surface area contributed by atoms with E-state index in [-0.39, 0.29) is 80.3 Å². The molecule has 1 aliphatic carbocycles. The molecule has 2 atom stereocenters. The van der Waals surface area contributed by atoms with Gasteiger partial charge in [-0.25, -0.2) is 0 Å². The van der Waals surface area contributed by atoms with Crippen molar-refractivity contribution in [3.8, 4) is 0 Å². The summed E-state index contributed by atoms with van der Waals surface area (Å²) in [6.45, 7) is 6.42. The molecule has 0 aromatic heterocycles. The van der Waals surface area contributed by atoms with Gasteiger partial charge in [-0.15, -0.1) is 0 Å². The lowest BCUT2D eigenvalue weighted by molar-refractivity contribution is -0.164. The van der Waals surface area contributed by atoms with E-state index in [4.69, 9.17) is 4.74 Å². The first kappa shape index (κ1) is 41.8. The number of ketones is 1. The highest BCUT2D eigenvalue weighted by Gasteiger charge is 2.46. The normalized spacial score (nSPS) is 17.0. The van der Waals surface area contributed by atoms with Crippen LogP contribution in [0.4, 0.5) is 0 Å². The smallest absolute Gasteiger partial charge is 0.243 e. The van der Waals surface area contributed by atoms with Gasteiger partial charge in [-0.1, -0.05) is 64.4 Å². The Labute approximate surface area is 305 Å². The van der Waals surface area contributed by atoms with Crippen LogP contribution in [0.25, 0.3) is 0 Å². The highest BCUT2D eigenvalue weighted by Crippen LogP contribution is 2.38. The Morgan fingerprint density at radius 1 is 0.808 bits per heavy atom. The van der Waals surface area contributed by atoms with Crippen molar-refractivity contribution in [2.45, 2.75) is 97.1 Å². The standard InChI is InChI=1S/C37H54N6O9/c1-24(2)27-19-33(48)43(36(27)51)17-10-6-9-14-29(44)38-20-30(45)39-22-32(47)42-28(18-26-12-7-5-8-13-26)35(50)40-21-31(46)41-23-52-37(15-11-16-37)34(49)25(3)4/h5,7-8,12-13,24-25,27-28H,6,9-11,14-23H2,1-4H3,(H,38,44)(H,39,45)(H,40,50)(H,41,46)(H,42,47)/t27?,28-/m0/s1. The first-order chi connectivity index (χ1) is 24.7. The van der Waals surface area contributed by atoms with Gasteiger partial charge in [-0.05, 0) is 43.6 Å². The maximum absolute atomic E-state index is 13.1. The number of nitrogens with one attached hydrogen (secondary N) is 5. The number of ether oxygens (including phenoxy) is 1. The summed E-state index contributed by atoms with van der Waals surface area (Å²) < 4.78 is 5.75. The lowest BCUT2D eigenvalue weighted by atomic mass is 9.74. The molecular formula is C37H54N6O9. The van der Waals surface area contributed by atoms with E-state index >= 15 is 0 Å². The second kappa shape index (κ2) is 20.4. The fraction of sp³-hybridized carbons (Fsp3) is 0.622. The second-order valence-corrected chi connectivity index (χ2v) is 14.1. The molecule has 1 unspecified atom stereocenters. The van der Waals surface area contributed by atoms with Crippen LogP contribution < -0.4 is 26.6 Å². The number of benzene rings is 1. The van der Waals surface area contributed by atoms with Crippen LogP contribution in [0.5, 0.6) is 0 Å². The summed E-state index contributed by atoms with van der Waals surface area (Å²) >= 11 is 0. The summed E-state index contributed by atoms with van der Waals surface area (Å²) in [4.78, 5) is 101. The topological polar surface area (TPSA) is 209 Å². The number of imide groups is 1.